The van der Waals surface area contributed by atoms with E-state index in [9.17, 15) is 4.79 Å². The van der Waals surface area contributed by atoms with Crippen LogP contribution in [0.2, 0.25) is 0 Å². The first-order chi connectivity index (χ1) is 10.0. The third-order valence-corrected chi connectivity index (χ3v) is 3.47. The topological polar surface area (TPSA) is 39.4 Å². The highest BCUT2D eigenvalue weighted by Gasteiger charge is 2.11. The van der Waals surface area contributed by atoms with Crippen molar-refractivity contribution in [2.24, 2.45) is 0 Å². The molecule has 0 amide bonds. The molecule has 0 atom stereocenters. The molecule has 1 heterocycles. The van der Waals surface area contributed by atoms with E-state index in [1.54, 1.807) is 6.07 Å². The SMILES string of the molecule is C=C(C)COc1ccc2c(CCCC)cc(=O)oc2c1C. The van der Waals surface area contributed by atoms with Crippen molar-refractivity contribution in [2.45, 2.75) is 40.0 Å². The zero-order valence-corrected chi connectivity index (χ0v) is 13.0. The Morgan fingerprint density at radius 2 is 2.14 bits per heavy atom. The Hall–Kier alpha value is -2.03. The third kappa shape index (κ3) is 3.54. The van der Waals surface area contributed by atoms with E-state index in [-0.39, 0.29) is 5.63 Å². The fraction of sp³-hybridized carbons (Fsp3) is 0.389. The predicted molar refractivity (Wildman–Crippen MR) is 86.1 cm³/mol. The number of hydrogen-bond donors (Lipinski definition) is 0. The summed E-state index contributed by atoms with van der Waals surface area (Å²) in [7, 11) is 0. The zero-order chi connectivity index (χ0) is 15.4. The molecule has 0 bridgehead atoms. The summed E-state index contributed by atoms with van der Waals surface area (Å²) in [5, 5.41) is 1.00. The lowest BCUT2D eigenvalue weighted by atomic mass is 10.0. The van der Waals surface area contributed by atoms with Gasteiger partial charge >= 0.3 is 5.63 Å². The van der Waals surface area contributed by atoms with Gasteiger partial charge in [-0.2, -0.15) is 0 Å². The Kier molecular flexibility index (Phi) is 4.84. The van der Waals surface area contributed by atoms with Crippen molar-refractivity contribution in [3.05, 3.63) is 51.9 Å². The molecule has 0 N–H and O–H groups in total. The monoisotopic (exact) mass is 286 g/mol. The van der Waals surface area contributed by atoms with Crippen LogP contribution in [0.3, 0.4) is 0 Å². The molecule has 0 unspecified atom stereocenters. The smallest absolute Gasteiger partial charge is 0.336 e. The van der Waals surface area contributed by atoms with Gasteiger partial charge in [0.15, 0.2) is 0 Å². The number of rotatable bonds is 6. The first-order valence-electron chi connectivity index (χ1n) is 7.36. The lowest BCUT2D eigenvalue weighted by Gasteiger charge is -2.12. The number of unbranched alkanes of at least 4 members (excludes halogenated alkanes) is 1. The van der Waals surface area contributed by atoms with Crippen LogP contribution in [0.5, 0.6) is 5.75 Å². The van der Waals surface area contributed by atoms with E-state index in [0.29, 0.717) is 12.2 Å². The van der Waals surface area contributed by atoms with Crippen LogP contribution < -0.4 is 10.4 Å². The molecule has 21 heavy (non-hydrogen) atoms. The van der Waals surface area contributed by atoms with Gasteiger partial charge in [-0.15, -0.1) is 0 Å². The van der Waals surface area contributed by atoms with Gasteiger partial charge in [-0.05, 0) is 50.0 Å². The minimum atomic E-state index is -0.297. The second-order valence-electron chi connectivity index (χ2n) is 5.51. The molecular formula is C18H22O3. The molecule has 1 aromatic carbocycles. The molecular weight excluding hydrogens is 264 g/mol. The van der Waals surface area contributed by atoms with Gasteiger partial charge in [-0.3, -0.25) is 0 Å². The fourth-order valence-electron chi connectivity index (χ4n) is 2.34. The standard InChI is InChI=1S/C18H22O3/c1-5-6-7-14-10-17(19)21-18-13(4)16(9-8-15(14)18)20-11-12(2)3/h8-10H,2,5-7,11H2,1,3-4H3. The van der Waals surface area contributed by atoms with E-state index in [1.807, 2.05) is 26.0 Å². The Morgan fingerprint density at radius 1 is 1.38 bits per heavy atom. The molecule has 0 aliphatic heterocycles. The van der Waals surface area contributed by atoms with Crippen LogP contribution in [0.4, 0.5) is 0 Å². The summed E-state index contributed by atoms with van der Waals surface area (Å²) >= 11 is 0. The predicted octanol–water partition coefficient (Wildman–Crippen LogP) is 4.40. The summed E-state index contributed by atoms with van der Waals surface area (Å²) in [5.74, 6) is 0.737. The van der Waals surface area contributed by atoms with E-state index >= 15 is 0 Å². The summed E-state index contributed by atoms with van der Waals surface area (Å²) in [4.78, 5) is 11.8. The van der Waals surface area contributed by atoms with E-state index < -0.39 is 0 Å². The van der Waals surface area contributed by atoms with Gasteiger partial charge in [-0.1, -0.05) is 19.9 Å². The summed E-state index contributed by atoms with van der Waals surface area (Å²) in [6, 6.07) is 5.52. The van der Waals surface area contributed by atoms with Crippen LogP contribution >= 0.6 is 0 Å². The molecule has 0 aliphatic carbocycles. The average Bonchev–Trinajstić information content (AvgIpc) is 2.44. The van der Waals surface area contributed by atoms with Crippen molar-refractivity contribution < 1.29 is 9.15 Å². The first kappa shape index (κ1) is 15.4. The van der Waals surface area contributed by atoms with E-state index in [0.717, 1.165) is 47.1 Å². The number of fused-ring (bicyclic) bond motifs is 1. The molecule has 2 rings (SSSR count). The fourth-order valence-corrected chi connectivity index (χ4v) is 2.34. The van der Waals surface area contributed by atoms with Crippen molar-refractivity contribution in [3.8, 4) is 5.75 Å². The Bertz CT molecular complexity index is 710. The van der Waals surface area contributed by atoms with Crippen LogP contribution in [0.1, 0.15) is 37.8 Å². The van der Waals surface area contributed by atoms with Gasteiger partial charge in [0.1, 0.15) is 17.9 Å². The van der Waals surface area contributed by atoms with Gasteiger partial charge in [0.2, 0.25) is 0 Å². The molecule has 0 saturated heterocycles. The van der Waals surface area contributed by atoms with Gasteiger partial charge < -0.3 is 9.15 Å². The van der Waals surface area contributed by atoms with Gasteiger partial charge in [0, 0.05) is 17.0 Å². The Labute approximate surface area is 125 Å². The highest BCUT2D eigenvalue weighted by atomic mass is 16.5. The molecule has 0 aliphatic rings. The molecule has 3 nitrogen and oxygen atoms in total. The molecule has 3 heteroatoms. The average molecular weight is 286 g/mol. The second kappa shape index (κ2) is 6.61. The van der Waals surface area contributed by atoms with Crippen molar-refractivity contribution >= 4 is 11.0 Å². The third-order valence-electron chi connectivity index (χ3n) is 3.47. The van der Waals surface area contributed by atoms with Crippen LogP contribution in [0, 0.1) is 6.92 Å². The lowest BCUT2D eigenvalue weighted by molar-refractivity contribution is 0.350. The minimum absolute atomic E-state index is 0.297. The van der Waals surface area contributed by atoms with E-state index in [1.165, 1.54) is 0 Å². The molecule has 2 aromatic rings. The molecule has 1 aromatic heterocycles. The molecule has 112 valence electrons. The first-order valence-corrected chi connectivity index (χ1v) is 7.36. The largest absolute Gasteiger partial charge is 0.489 e. The molecule has 0 fully saturated rings. The Morgan fingerprint density at radius 3 is 2.81 bits per heavy atom. The number of hydrogen-bond acceptors (Lipinski definition) is 3. The van der Waals surface area contributed by atoms with E-state index in [2.05, 4.69) is 13.5 Å². The normalized spacial score (nSPS) is 10.8. The van der Waals surface area contributed by atoms with Gasteiger partial charge in [-0.25, -0.2) is 4.79 Å². The highest BCUT2D eigenvalue weighted by molar-refractivity contribution is 5.84. The minimum Gasteiger partial charge on any atom is -0.489 e. The molecule has 0 saturated carbocycles. The number of ether oxygens (including phenoxy) is 1. The molecule has 0 radical (unpaired) electrons. The van der Waals surface area contributed by atoms with Crippen molar-refractivity contribution in [1.29, 1.82) is 0 Å². The van der Waals surface area contributed by atoms with E-state index in [4.69, 9.17) is 9.15 Å². The van der Waals surface area contributed by atoms with Crippen LogP contribution in [-0.4, -0.2) is 6.61 Å². The van der Waals surface area contributed by atoms with Gasteiger partial charge in [0.05, 0.1) is 0 Å². The van der Waals surface area contributed by atoms with Gasteiger partial charge in [0.25, 0.3) is 0 Å². The second-order valence-corrected chi connectivity index (χ2v) is 5.51. The van der Waals surface area contributed by atoms with Crippen molar-refractivity contribution in [1.82, 2.24) is 0 Å². The maximum Gasteiger partial charge on any atom is 0.336 e. The number of benzene rings is 1. The van der Waals surface area contributed by atoms with Crippen LogP contribution in [-0.2, 0) is 6.42 Å². The molecule has 0 spiro atoms. The lowest BCUT2D eigenvalue weighted by Crippen LogP contribution is -2.04. The maximum absolute atomic E-state index is 11.8. The summed E-state index contributed by atoms with van der Waals surface area (Å²) in [5.41, 5.74) is 3.20. The maximum atomic E-state index is 11.8. The summed E-state index contributed by atoms with van der Waals surface area (Å²) in [6.07, 6.45) is 3.05. The quantitative estimate of drug-likeness (QED) is 0.583. The summed E-state index contributed by atoms with van der Waals surface area (Å²) in [6.45, 7) is 10.3. The Balaban J connectivity index is 2.49. The number of aryl methyl sites for hydroxylation is 2. The van der Waals surface area contributed by atoms with Crippen molar-refractivity contribution in [2.75, 3.05) is 6.61 Å². The van der Waals surface area contributed by atoms with Crippen molar-refractivity contribution in [3.63, 3.8) is 0 Å². The van der Waals surface area contributed by atoms with Crippen LogP contribution in [0.25, 0.3) is 11.0 Å². The summed E-state index contributed by atoms with van der Waals surface area (Å²) < 4.78 is 11.1. The zero-order valence-electron chi connectivity index (χ0n) is 13.0. The van der Waals surface area contributed by atoms with Crippen LogP contribution in [0.15, 0.2) is 39.6 Å². The highest BCUT2D eigenvalue weighted by Crippen LogP contribution is 2.29.